The minimum Gasteiger partial charge on any atom is -0.292 e. The molecule has 2 aliphatic heterocycles. The summed E-state index contributed by atoms with van der Waals surface area (Å²) in [7, 11) is -3.63. The Balaban J connectivity index is 1.07. The van der Waals surface area contributed by atoms with Crippen LogP contribution >= 0.6 is 0 Å². The predicted molar refractivity (Wildman–Crippen MR) is 170 cm³/mol. The average molecular weight is 589 g/mol. The van der Waals surface area contributed by atoms with Crippen LogP contribution in [0.2, 0.25) is 0 Å². The molecule has 0 spiro atoms. The van der Waals surface area contributed by atoms with Crippen LogP contribution in [0, 0.1) is 0 Å². The molecular formula is C35H32N4O3S. The van der Waals surface area contributed by atoms with E-state index >= 15 is 0 Å². The van der Waals surface area contributed by atoms with Crippen molar-refractivity contribution in [2.24, 2.45) is 5.10 Å². The van der Waals surface area contributed by atoms with Gasteiger partial charge in [-0.25, -0.2) is 13.4 Å². The van der Waals surface area contributed by atoms with Gasteiger partial charge in [0.25, 0.3) is 5.91 Å². The largest absolute Gasteiger partial charge is 0.292 e. The van der Waals surface area contributed by atoms with Gasteiger partial charge in [0.1, 0.15) is 0 Å². The van der Waals surface area contributed by atoms with Crippen molar-refractivity contribution in [3.8, 4) is 0 Å². The van der Waals surface area contributed by atoms with E-state index in [-0.39, 0.29) is 18.5 Å². The maximum absolute atomic E-state index is 13.8. The maximum Gasteiger partial charge on any atom is 0.257 e. The number of sulfonamides is 1. The van der Waals surface area contributed by atoms with Crippen LogP contribution in [-0.2, 0) is 14.8 Å². The highest BCUT2D eigenvalue weighted by Gasteiger charge is 2.35. The molecule has 1 fully saturated rings. The van der Waals surface area contributed by atoms with Gasteiger partial charge in [0.2, 0.25) is 10.0 Å². The summed E-state index contributed by atoms with van der Waals surface area (Å²) in [5.41, 5.74) is 2.95. The summed E-state index contributed by atoms with van der Waals surface area (Å²) in [5, 5.41) is 10.7. The van der Waals surface area contributed by atoms with Gasteiger partial charge in [-0.3, -0.25) is 9.69 Å². The van der Waals surface area contributed by atoms with Gasteiger partial charge in [0, 0.05) is 32.6 Å². The van der Waals surface area contributed by atoms with E-state index in [2.05, 4.69) is 30.3 Å². The van der Waals surface area contributed by atoms with Gasteiger partial charge in [0.05, 0.1) is 23.2 Å². The zero-order valence-electron chi connectivity index (χ0n) is 23.7. The number of hydrogen-bond donors (Lipinski definition) is 0. The molecule has 2 aliphatic rings. The highest BCUT2D eigenvalue weighted by molar-refractivity contribution is 7.89. The predicted octanol–water partition coefficient (Wildman–Crippen LogP) is 5.68. The summed E-state index contributed by atoms with van der Waals surface area (Å²) in [6.45, 7) is 1.79. The molecule has 0 N–H and O–H groups in total. The summed E-state index contributed by atoms with van der Waals surface area (Å²) < 4.78 is 28.4. The minimum atomic E-state index is -3.63. The first-order valence-electron chi connectivity index (χ1n) is 14.6. The van der Waals surface area contributed by atoms with Crippen LogP contribution in [0.25, 0.3) is 21.5 Å². The Morgan fingerprint density at radius 3 is 2.00 bits per heavy atom. The number of hydrazone groups is 1. The third-order valence-electron chi connectivity index (χ3n) is 8.48. The van der Waals surface area contributed by atoms with E-state index in [9.17, 15) is 13.2 Å². The lowest BCUT2D eigenvalue weighted by atomic mass is 9.97. The first-order chi connectivity index (χ1) is 21.0. The van der Waals surface area contributed by atoms with Gasteiger partial charge >= 0.3 is 0 Å². The fourth-order valence-corrected chi connectivity index (χ4v) is 7.55. The number of hydrogen-bond acceptors (Lipinski definition) is 5. The lowest BCUT2D eigenvalue weighted by Gasteiger charge is -2.34. The molecule has 0 bridgehead atoms. The SMILES string of the molecule is O=C(CN1CCN(S(=O)(=O)c2ccc3ccccc3c2)CC1)N1N=C(c2ccc3ccccc3c2)CC1c1ccccc1. The normalized spacial score (nSPS) is 18.3. The van der Waals surface area contributed by atoms with Gasteiger partial charge in [-0.05, 0) is 50.9 Å². The van der Waals surface area contributed by atoms with Crippen molar-refractivity contribution in [3.05, 3.63) is 126 Å². The Labute approximate surface area is 251 Å². The van der Waals surface area contributed by atoms with Crippen LogP contribution in [0.4, 0.5) is 0 Å². The average Bonchev–Trinajstić information content (AvgIpc) is 3.51. The van der Waals surface area contributed by atoms with E-state index in [1.165, 1.54) is 9.69 Å². The zero-order valence-corrected chi connectivity index (χ0v) is 24.5. The quantitative estimate of drug-likeness (QED) is 0.256. The number of carbonyl (C=O) groups is 1. The van der Waals surface area contributed by atoms with Crippen molar-refractivity contribution in [2.45, 2.75) is 17.4 Å². The monoisotopic (exact) mass is 588 g/mol. The lowest BCUT2D eigenvalue weighted by molar-refractivity contribution is -0.134. The summed E-state index contributed by atoms with van der Waals surface area (Å²) in [6.07, 6.45) is 0.631. The summed E-state index contributed by atoms with van der Waals surface area (Å²) >= 11 is 0. The summed E-state index contributed by atoms with van der Waals surface area (Å²) in [6, 6.07) is 37.4. The molecule has 1 unspecified atom stereocenters. The second-order valence-electron chi connectivity index (χ2n) is 11.2. The number of rotatable bonds is 6. The molecule has 1 atom stereocenters. The first kappa shape index (κ1) is 27.5. The summed E-state index contributed by atoms with van der Waals surface area (Å²) in [4.78, 5) is 16.1. The Bertz CT molecular complexity index is 1950. The van der Waals surface area contributed by atoms with E-state index in [4.69, 9.17) is 5.10 Å². The van der Waals surface area contributed by atoms with Gasteiger partial charge < -0.3 is 0 Å². The van der Waals surface area contributed by atoms with Crippen LogP contribution in [0.5, 0.6) is 0 Å². The van der Waals surface area contributed by atoms with Crippen LogP contribution < -0.4 is 0 Å². The number of nitrogens with zero attached hydrogens (tertiary/aromatic N) is 4. The van der Waals surface area contributed by atoms with E-state index < -0.39 is 10.0 Å². The maximum atomic E-state index is 13.8. The Hall–Kier alpha value is -4.37. The van der Waals surface area contributed by atoms with E-state index in [0.717, 1.165) is 33.0 Å². The number of amides is 1. The number of carbonyl (C=O) groups excluding carboxylic acids is 1. The van der Waals surface area contributed by atoms with Crippen LogP contribution in [-0.4, -0.2) is 67.0 Å². The third kappa shape index (κ3) is 5.45. The Morgan fingerprint density at radius 1 is 0.698 bits per heavy atom. The van der Waals surface area contributed by atoms with Gasteiger partial charge in [-0.1, -0.05) is 97.1 Å². The topological polar surface area (TPSA) is 73.3 Å². The third-order valence-corrected chi connectivity index (χ3v) is 10.4. The Kier molecular flexibility index (Phi) is 7.26. The van der Waals surface area contributed by atoms with Crippen LogP contribution in [0.3, 0.4) is 0 Å². The molecular weight excluding hydrogens is 556 g/mol. The molecule has 5 aromatic rings. The highest BCUT2D eigenvalue weighted by Crippen LogP contribution is 2.33. The fraction of sp³-hybridized carbons (Fsp3) is 0.200. The number of fused-ring (bicyclic) bond motifs is 2. The zero-order chi connectivity index (χ0) is 29.4. The molecule has 5 aromatic carbocycles. The van der Waals surface area contributed by atoms with Gasteiger partial charge in [-0.2, -0.15) is 9.41 Å². The van der Waals surface area contributed by atoms with E-state index in [1.54, 1.807) is 17.1 Å². The molecule has 7 rings (SSSR count). The number of benzene rings is 5. The summed E-state index contributed by atoms with van der Waals surface area (Å²) in [5.74, 6) is -0.0875. The molecule has 0 aliphatic carbocycles. The molecule has 1 saturated heterocycles. The minimum absolute atomic E-state index is 0.0875. The molecule has 8 heteroatoms. The molecule has 43 heavy (non-hydrogen) atoms. The molecule has 7 nitrogen and oxygen atoms in total. The van der Waals surface area contributed by atoms with Crippen LogP contribution in [0.15, 0.2) is 125 Å². The van der Waals surface area contributed by atoms with Crippen molar-refractivity contribution >= 4 is 43.2 Å². The smallest absolute Gasteiger partial charge is 0.257 e. The van der Waals surface area contributed by atoms with Gasteiger partial charge in [-0.15, -0.1) is 0 Å². The second kappa shape index (κ2) is 11.4. The first-order valence-corrected chi connectivity index (χ1v) is 16.0. The van der Waals surface area contributed by atoms with Crippen molar-refractivity contribution < 1.29 is 13.2 Å². The van der Waals surface area contributed by atoms with Gasteiger partial charge in [0.15, 0.2) is 0 Å². The second-order valence-corrected chi connectivity index (χ2v) is 13.1. The van der Waals surface area contributed by atoms with E-state index in [0.29, 0.717) is 37.5 Å². The fourth-order valence-electron chi connectivity index (χ4n) is 6.09. The molecule has 216 valence electrons. The molecule has 0 radical (unpaired) electrons. The molecule has 1 amide bonds. The van der Waals surface area contributed by atoms with Crippen molar-refractivity contribution in [1.82, 2.24) is 14.2 Å². The van der Waals surface area contributed by atoms with Crippen LogP contribution in [0.1, 0.15) is 23.6 Å². The highest BCUT2D eigenvalue weighted by atomic mass is 32.2. The van der Waals surface area contributed by atoms with Crippen molar-refractivity contribution in [1.29, 1.82) is 0 Å². The standard InChI is InChI=1S/C35H32N4O3S/c40-35(25-37-18-20-38(21-19-37)43(41,42)32-17-16-27-9-5-7-13-30(27)23-32)39-34(28-10-2-1-3-11-28)24-33(36-39)31-15-14-26-8-4-6-12-29(26)22-31/h1-17,22-23,34H,18-21,24-25H2. The van der Waals surface area contributed by atoms with Crippen molar-refractivity contribution in [3.63, 3.8) is 0 Å². The van der Waals surface area contributed by atoms with E-state index in [1.807, 2.05) is 77.7 Å². The van der Waals surface area contributed by atoms with Crippen molar-refractivity contribution in [2.75, 3.05) is 32.7 Å². The molecule has 2 heterocycles. The Morgan fingerprint density at radius 2 is 1.30 bits per heavy atom. The molecule has 0 aromatic heterocycles. The lowest BCUT2D eigenvalue weighted by Crippen LogP contribution is -2.51. The molecule has 0 saturated carbocycles. The number of piperazine rings is 1.